The van der Waals surface area contributed by atoms with Crippen molar-refractivity contribution in [1.29, 1.82) is 0 Å². The summed E-state index contributed by atoms with van der Waals surface area (Å²) in [5.74, 6) is -4.71. The van der Waals surface area contributed by atoms with Crippen LogP contribution in [0.25, 0.3) is 0 Å². The molecule has 0 atom stereocenters. The number of halogens is 3. The van der Waals surface area contributed by atoms with E-state index in [1.807, 2.05) is 0 Å². The average Bonchev–Trinajstić information content (AvgIpc) is 2.62. The van der Waals surface area contributed by atoms with Crippen LogP contribution < -0.4 is 10.6 Å². The Kier molecular flexibility index (Phi) is 7.06. The third-order valence-corrected chi connectivity index (χ3v) is 4.78. The third-order valence-electron chi connectivity index (χ3n) is 4.78. The van der Waals surface area contributed by atoms with Crippen molar-refractivity contribution in [1.82, 2.24) is 5.32 Å². The highest BCUT2D eigenvalue weighted by Gasteiger charge is 2.30. The van der Waals surface area contributed by atoms with Crippen molar-refractivity contribution in [3.63, 3.8) is 0 Å². The molecular formula is C19H25F3N2O2. The average molecular weight is 370 g/mol. The summed E-state index contributed by atoms with van der Waals surface area (Å²) in [5, 5.41) is 5.24. The lowest BCUT2D eigenvalue weighted by molar-refractivity contribution is -0.128. The number of rotatable bonds is 6. The van der Waals surface area contributed by atoms with Gasteiger partial charge in [0.1, 0.15) is 0 Å². The van der Waals surface area contributed by atoms with Gasteiger partial charge in [0, 0.05) is 18.4 Å². The Labute approximate surface area is 151 Å². The second-order valence-electron chi connectivity index (χ2n) is 7.23. The predicted octanol–water partition coefficient (Wildman–Crippen LogP) is 4.01. The maximum atomic E-state index is 13.7. The quantitative estimate of drug-likeness (QED) is 0.744. The molecule has 1 aromatic rings. The zero-order valence-corrected chi connectivity index (χ0v) is 15.1. The van der Waals surface area contributed by atoms with Crippen LogP contribution in [-0.4, -0.2) is 18.4 Å². The van der Waals surface area contributed by atoms with Gasteiger partial charge in [-0.3, -0.25) is 9.59 Å². The van der Waals surface area contributed by atoms with Crippen LogP contribution >= 0.6 is 0 Å². The summed E-state index contributed by atoms with van der Waals surface area (Å²) in [4.78, 5) is 24.4. The first-order chi connectivity index (χ1) is 12.3. The van der Waals surface area contributed by atoms with Gasteiger partial charge in [-0.05, 0) is 50.2 Å². The largest absolute Gasteiger partial charge is 0.356 e. The molecule has 1 fully saturated rings. The molecule has 4 nitrogen and oxygen atoms in total. The van der Waals surface area contributed by atoms with Crippen LogP contribution in [0, 0.1) is 35.2 Å². The van der Waals surface area contributed by atoms with Gasteiger partial charge in [-0.2, -0.15) is 0 Å². The van der Waals surface area contributed by atoms with Crippen molar-refractivity contribution in [2.75, 3.05) is 11.9 Å². The second-order valence-corrected chi connectivity index (χ2v) is 7.23. The van der Waals surface area contributed by atoms with Crippen LogP contribution in [0.4, 0.5) is 18.9 Å². The molecule has 1 aromatic carbocycles. The summed E-state index contributed by atoms with van der Waals surface area (Å²) >= 11 is 0. The molecule has 2 rings (SSSR count). The molecule has 1 aliphatic rings. The van der Waals surface area contributed by atoms with Crippen molar-refractivity contribution in [3.05, 3.63) is 29.6 Å². The lowest BCUT2D eigenvalue weighted by Crippen LogP contribution is -2.36. The van der Waals surface area contributed by atoms with Crippen LogP contribution in [0.1, 0.15) is 46.0 Å². The molecule has 144 valence electrons. The molecule has 0 aromatic heterocycles. The summed E-state index contributed by atoms with van der Waals surface area (Å²) < 4.78 is 39.8. The third kappa shape index (κ3) is 5.22. The predicted molar refractivity (Wildman–Crippen MR) is 92.9 cm³/mol. The molecule has 1 aliphatic carbocycles. The number of carbonyl (C=O) groups is 2. The zero-order chi connectivity index (χ0) is 19.3. The van der Waals surface area contributed by atoms with Crippen LogP contribution in [0.2, 0.25) is 0 Å². The number of hydrogen-bond donors (Lipinski definition) is 2. The highest BCUT2D eigenvalue weighted by molar-refractivity contribution is 5.93. The number of nitrogens with one attached hydrogen (secondary N) is 2. The van der Waals surface area contributed by atoms with Crippen molar-refractivity contribution in [3.8, 4) is 0 Å². The molecule has 2 amide bonds. The first-order valence-corrected chi connectivity index (χ1v) is 9.01. The van der Waals surface area contributed by atoms with Crippen LogP contribution in [0.15, 0.2) is 12.1 Å². The van der Waals surface area contributed by atoms with E-state index in [4.69, 9.17) is 0 Å². The number of anilines is 1. The standard InChI is InChI=1S/C19H25F3N2O2/c1-11(2)9-10-23-18(25)12-3-5-13(6-4-12)19(26)24-15-8-7-14(20)16(21)17(15)22/h7-8,11-13H,3-6,9-10H2,1-2H3,(H,23,25)(H,24,26). The van der Waals surface area contributed by atoms with Crippen LogP contribution in [-0.2, 0) is 9.59 Å². The molecule has 0 spiro atoms. The van der Waals surface area contributed by atoms with Crippen LogP contribution in [0.5, 0.6) is 0 Å². The number of amides is 2. The summed E-state index contributed by atoms with van der Waals surface area (Å²) in [6.45, 7) is 4.82. The van der Waals surface area contributed by atoms with Crippen molar-refractivity contribution in [2.24, 2.45) is 17.8 Å². The lowest BCUT2D eigenvalue weighted by Gasteiger charge is -2.27. The molecule has 0 unspecified atom stereocenters. The Balaban J connectivity index is 1.83. The van der Waals surface area contributed by atoms with Gasteiger partial charge < -0.3 is 10.6 Å². The number of benzene rings is 1. The molecule has 1 saturated carbocycles. The number of carbonyl (C=O) groups excluding carboxylic acids is 2. The Morgan fingerprint density at radius 3 is 2.15 bits per heavy atom. The molecule has 0 heterocycles. The van der Waals surface area contributed by atoms with E-state index in [1.54, 1.807) is 0 Å². The van der Waals surface area contributed by atoms with E-state index in [2.05, 4.69) is 24.5 Å². The van der Waals surface area contributed by atoms with Crippen molar-refractivity contribution >= 4 is 17.5 Å². The first-order valence-electron chi connectivity index (χ1n) is 9.01. The number of hydrogen-bond acceptors (Lipinski definition) is 2. The van der Waals surface area contributed by atoms with Gasteiger partial charge in [-0.1, -0.05) is 13.8 Å². The van der Waals surface area contributed by atoms with E-state index in [1.165, 1.54) is 0 Å². The summed E-state index contributed by atoms with van der Waals surface area (Å²) in [6.07, 6.45) is 3.07. The summed E-state index contributed by atoms with van der Waals surface area (Å²) in [6, 6.07) is 1.77. The second kappa shape index (κ2) is 9.05. The maximum absolute atomic E-state index is 13.7. The molecule has 0 aliphatic heterocycles. The van der Waals surface area contributed by atoms with E-state index in [9.17, 15) is 22.8 Å². The molecular weight excluding hydrogens is 345 g/mol. The topological polar surface area (TPSA) is 58.2 Å². The van der Waals surface area contributed by atoms with Crippen molar-refractivity contribution in [2.45, 2.75) is 46.0 Å². The fourth-order valence-electron chi connectivity index (χ4n) is 3.10. The van der Waals surface area contributed by atoms with Gasteiger partial charge in [0.25, 0.3) is 0 Å². The van der Waals surface area contributed by atoms with Gasteiger partial charge in [0.2, 0.25) is 11.8 Å². The Morgan fingerprint density at radius 1 is 1.00 bits per heavy atom. The van der Waals surface area contributed by atoms with E-state index in [-0.39, 0.29) is 23.4 Å². The minimum absolute atomic E-state index is 0.0103. The zero-order valence-electron chi connectivity index (χ0n) is 15.1. The highest BCUT2D eigenvalue weighted by Crippen LogP contribution is 2.30. The molecule has 0 bridgehead atoms. The lowest BCUT2D eigenvalue weighted by atomic mass is 9.81. The molecule has 2 N–H and O–H groups in total. The smallest absolute Gasteiger partial charge is 0.227 e. The normalized spacial score (nSPS) is 20.1. The van der Waals surface area contributed by atoms with E-state index < -0.39 is 23.4 Å². The summed E-state index contributed by atoms with van der Waals surface area (Å²) in [7, 11) is 0. The monoisotopic (exact) mass is 370 g/mol. The van der Waals surface area contributed by atoms with E-state index in [0.717, 1.165) is 18.6 Å². The highest BCUT2D eigenvalue weighted by atomic mass is 19.2. The Hall–Kier alpha value is -2.05. The van der Waals surface area contributed by atoms with E-state index >= 15 is 0 Å². The van der Waals surface area contributed by atoms with Gasteiger partial charge >= 0.3 is 0 Å². The minimum atomic E-state index is -1.61. The minimum Gasteiger partial charge on any atom is -0.356 e. The maximum Gasteiger partial charge on any atom is 0.227 e. The van der Waals surface area contributed by atoms with Crippen LogP contribution in [0.3, 0.4) is 0 Å². The fraction of sp³-hybridized carbons (Fsp3) is 0.579. The fourth-order valence-corrected chi connectivity index (χ4v) is 3.10. The van der Waals surface area contributed by atoms with Gasteiger partial charge in [0.15, 0.2) is 17.5 Å². The SMILES string of the molecule is CC(C)CCNC(=O)C1CCC(C(=O)Nc2ccc(F)c(F)c2F)CC1. The van der Waals surface area contributed by atoms with Gasteiger partial charge in [-0.25, -0.2) is 13.2 Å². The molecule has 7 heteroatoms. The van der Waals surface area contributed by atoms with E-state index in [0.29, 0.717) is 38.1 Å². The molecule has 26 heavy (non-hydrogen) atoms. The Morgan fingerprint density at radius 2 is 1.58 bits per heavy atom. The van der Waals surface area contributed by atoms with Gasteiger partial charge in [0.05, 0.1) is 5.69 Å². The van der Waals surface area contributed by atoms with Gasteiger partial charge in [-0.15, -0.1) is 0 Å². The molecule has 0 radical (unpaired) electrons. The summed E-state index contributed by atoms with van der Waals surface area (Å²) in [5.41, 5.74) is -0.373. The Bertz CT molecular complexity index is 656. The first kappa shape index (κ1) is 20.3. The molecule has 0 saturated heterocycles. The van der Waals surface area contributed by atoms with Crippen molar-refractivity contribution < 1.29 is 22.8 Å².